The zero-order chi connectivity index (χ0) is 19.1. The van der Waals surface area contributed by atoms with Gasteiger partial charge in [-0.05, 0) is 46.7 Å². The molecule has 1 aliphatic carbocycles. The first-order valence-electron chi connectivity index (χ1n) is 9.90. The third-order valence-electron chi connectivity index (χ3n) is 6.11. The number of nitrogens with zero attached hydrogens (tertiary/aromatic N) is 1. The first kappa shape index (κ1) is 17.0. The lowest BCUT2D eigenvalue weighted by molar-refractivity contribution is 0.581. The van der Waals surface area contributed by atoms with Crippen LogP contribution < -0.4 is 10.9 Å². The molecule has 1 aliphatic heterocycles. The number of para-hydroxylation sites is 1. The Morgan fingerprint density at radius 3 is 2.04 bits per heavy atom. The van der Waals surface area contributed by atoms with Crippen molar-refractivity contribution in [3.63, 3.8) is 0 Å². The third kappa shape index (κ3) is 2.31. The van der Waals surface area contributed by atoms with Crippen LogP contribution in [0.3, 0.4) is 0 Å². The minimum absolute atomic E-state index is 0.344. The summed E-state index contributed by atoms with van der Waals surface area (Å²) in [4.78, 5) is 0. The van der Waals surface area contributed by atoms with Crippen molar-refractivity contribution >= 4 is 5.69 Å². The quantitative estimate of drug-likeness (QED) is 0.603. The van der Waals surface area contributed by atoms with E-state index >= 15 is 0 Å². The largest absolute Gasteiger partial charge is 0.279 e. The van der Waals surface area contributed by atoms with Gasteiger partial charge in [-0.25, -0.2) is 5.84 Å². The lowest BCUT2D eigenvalue weighted by Crippen LogP contribution is -2.45. The third-order valence-corrected chi connectivity index (χ3v) is 6.11. The highest BCUT2D eigenvalue weighted by Gasteiger charge is 2.47. The van der Waals surface area contributed by atoms with Gasteiger partial charge in [0, 0.05) is 0 Å². The van der Waals surface area contributed by atoms with Gasteiger partial charge in [0.05, 0.1) is 16.8 Å². The van der Waals surface area contributed by atoms with Gasteiger partial charge in [-0.1, -0.05) is 91.9 Å². The number of fused-ring (bicyclic) bond motifs is 1. The van der Waals surface area contributed by atoms with Gasteiger partial charge in [0.1, 0.15) is 0 Å². The molecule has 28 heavy (non-hydrogen) atoms. The standard InChI is InChI=1S/C26H24N2/c1-19-16-17-25-23(18-19)26(20-10-4-2-5-11-20,21-12-6-3-7-13-21)22-14-8-9-15-24(22)28(25)27/h2-17,19H,18,27H2,1H3. The zero-order valence-electron chi connectivity index (χ0n) is 16.0. The molecule has 2 aliphatic rings. The summed E-state index contributed by atoms with van der Waals surface area (Å²) < 4.78 is 0. The van der Waals surface area contributed by atoms with Gasteiger partial charge >= 0.3 is 0 Å². The number of hydrogen-bond donors (Lipinski definition) is 1. The number of hydrogen-bond acceptors (Lipinski definition) is 2. The molecule has 138 valence electrons. The number of allylic oxidation sites excluding steroid dienone is 3. The second-order valence-corrected chi connectivity index (χ2v) is 7.77. The maximum atomic E-state index is 6.65. The average molecular weight is 364 g/mol. The SMILES string of the molecule is CC1C=CC2=C(C1)C(c1ccccc1)(c1ccccc1)c1ccccc1N2N. The summed E-state index contributed by atoms with van der Waals surface area (Å²) >= 11 is 0. The normalized spacial score (nSPS) is 19.9. The van der Waals surface area contributed by atoms with E-state index in [1.165, 1.54) is 22.3 Å². The van der Waals surface area contributed by atoms with Crippen molar-refractivity contribution in [3.8, 4) is 0 Å². The van der Waals surface area contributed by atoms with Gasteiger partial charge in [-0.2, -0.15) is 0 Å². The Morgan fingerprint density at radius 1 is 0.821 bits per heavy atom. The highest BCUT2D eigenvalue weighted by Crippen LogP contribution is 2.55. The molecule has 0 spiro atoms. The molecule has 2 heteroatoms. The number of nitrogens with two attached hydrogens (primary N) is 1. The Labute approximate surface area is 166 Å². The topological polar surface area (TPSA) is 29.3 Å². The van der Waals surface area contributed by atoms with Crippen molar-refractivity contribution in [3.05, 3.63) is 125 Å². The van der Waals surface area contributed by atoms with Crippen molar-refractivity contribution in [2.75, 3.05) is 5.01 Å². The summed E-state index contributed by atoms with van der Waals surface area (Å²) in [5.74, 6) is 7.12. The van der Waals surface area contributed by atoms with Crippen LogP contribution in [0.25, 0.3) is 0 Å². The lowest BCUT2D eigenvalue weighted by atomic mass is 9.60. The molecule has 0 saturated carbocycles. The minimum Gasteiger partial charge on any atom is -0.279 e. The van der Waals surface area contributed by atoms with Crippen LogP contribution >= 0.6 is 0 Å². The predicted molar refractivity (Wildman–Crippen MR) is 116 cm³/mol. The molecule has 0 fully saturated rings. The van der Waals surface area contributed by atoms with E-state index in [1.54, 1.807) is 0 Å². The molecule has 0 aromatic heterocycles. The minimum atomic E-state index is -0.344. The van der Waals surface area contributed by atoms with Gasteiger partial charge in [-0.15, -0.1) is 0 Å². The second kappa shape index (κ2) is 6.50. The van der Waals surface area contributed by atoms with Crippen LogP contribution in [0.1, 0.15) is 30.0 Å². The summed E-state index contributed by atoms with van der Waals surface area (Å²) in [6, 6.07) is 30.3. The van der Waals surface area contributed by atoms with E-state index in [4.69, 9.17) is 5.84 Å². The Kier molecular flexibility index (Phi) is 3.96. The van der Waals surface area contributed by atoms with Crippen LogP contribution in [-0.2, 0) is 5.41 Å². The Bertz CT molecular complexity index is 1020. The number of hydrazine groups is 1. The fourth-order valence-corrected chi connectivity index (χ4v) is 4.92. The zero-order valence-corrected chi connectivity index (χ0v) is 16.0. The summed E-state index contributed by atoms with van der Waals surface area (Å²) in [5.41, 5.74) is 7.03. The number of rotatable bonds is 2. The van der Waals surface area contributed by atoms with Crippen LogP contribution in [0.15, 0.2) is 108 Å². The van der Waals surface area contributed by atoms with E-state index < -0.39 is 0 Å². The van der Waals surface area contributed by atoms with Crippen LogP contribution in [0.4, 0.5) is 5.69 Å². The molecule has 3 aromatic carbocycles. The summed E-state index contributed by atoms with van der Waals surface area (Å²) in [6.45, 7) is 2.28. The monoisotopic (exact) mass is 364 g/mol. The molecule has 3 aromatic rings. The molecule has 2 N–H and O–H groups in total. The van der Waals surface area contributed by atoms with Gasteiger partial charge in [0.2, 0.25) is 0 Å². The van der Waals surface area contributed by atoms with Crippen molar-refractivity contribution < 1.29 is 0 Å². The number of anilines is 1. The highest BCUT2D eigenvalue weighted by molar-refractivity contribution is 5.76. The molecule has 1 heterocycles. The molecular formula is C26H24N2. The number of benzene rings is 3. The van der Waals surface area contributed by atoms with Gasteiger partial charge in [0.25, 0.3) is 0 Å². The molecule has 0 saturated heterocycles. The van der Waals surface area contributed by atoms with Crippen molar-refractivity contribution in [2.24, 2.45) is 11.8 Å². The second-order valence-electron chi connectivity index (χ2n) is 7.77. The van der Waals surface area contributed by atoms with Crippen LogP contribution in [0, 0.1) is 5.92 Å². The average Bonchev–Trinajstić information content (AvgIpc) is 2.76. The first-order valence-corrected chi connectivity index (χ1v) is 9.90. The summed E-state index contributed by atoms with van der Waals surface area (Å²) in [7, 11) is 0. The van der Waals surface area contributed by atoms with Crippen molar-refractivity contribution in [1.82, 2.24) is 0 Å². The molecule has 0 amide bonds. The van der Waals surface area contributed by atoms with E-state index in [9.17, 15) is 0 Å². The van der Waals surface area contributed by atoms with E-state index in [0.717, 1.165) is 17.8 Å². The van der Waals surface area contributed by atoms with E-state index in [1.807, 2.05) is 5.01 Å². The van der Waals surface area contributed by atoms with Crippen LogP contribution in [0.2, 0.25) is 0 Å². The van der Waals surface area contributed by atoms with Crippen LogP contribution in [-0.4, -0.2) is 0 Å². The first-order chi connectivity index (χ1) is 13.7. The fraction of sp³-hybridized carbons (Fsp3) is 0.154. The summed E-state index contributed by atoms with van der Waals surface area (Å²) in [6.07, 6.45) is 5.46. The Balaban J connectivity index is 1.95. The predicted octanol–water partition coefficient (Wildman–Crippen LogP) is 5.56. The molecule has 1 unspecified atom stereocenters. The highest BCUT2D eigenvalue weighted by atomic mass is 15.4. The molecule has 5 rings (SSSR count). The van der Waals surface area contributed by atoms with Gasteiger partial charge in [-0.3, -0.25) is 5.01 Å². The molecular weight excluding hydrogens is 340 g/mol. The lowest BCUT2D eigenvalue weighted by Gasteiger charge is -2.47. The maximum Gasteiger partial charge on any atom is 0.0706 e. The Morgan fingerprint density at radius 2 is 1.39 bits per heavy atom. The Hall–Kier alpha value is -3.10. The molecule has 0 radical (unpaired) electrons. The van der Waals surface area contributed by atoms with E-state index in [2.05, 4.69) is 104 Å². The van der Waals surface area contributed by atoms with Crippen molar-refractivity contribution in [2.45, 2.75) is 18.8 Å². The van der Waals surface area contributed by atoms with Gasteiger partial charge in [0.15, 0.2) is 0 Å². The van der Waals surface area contributed by atoms with Crippen LogP contribution in [0.5, 0.6) is 0 Å². The fourth-order valence-electron chi connectivity index (χ4n) is 4.92. The summed E-state index contributed by atoms with van der Waals surface area (Å²) in [5, 5.41) is 1.87. The molecule has 2 nitrogen and oxygen atoms in total. The van der Waals surface area contributed by atoms with Gasteiger partial charge < -0.3 is 0 Å². The molecule has 0 bridgehead atoms. The molecule has 1 atom stereocenters. The maximum absolute atomic E-state index is 6.65. The smallest absolute Gasteiger partial charge is 0.0706 e. The van der Waals surface area contributed by atoms with E-state index in [0.29, 0.717) is 5.92 Å². The van der Waals surface area contributed by atoms with E-state index in [-0.39, 0.29) is 5.41 Å². The van der Waals surface area contributed by atoms with Crippen molar-refractivity contribution in [1.29, 1.82) is 0 Å².